The number of nitrogens with zero attached hydrogens (tertiary/aromatic N) is 1. The zero-order valence-corrected chi connectivity index (χ0v) is 12.0. The number of nitro benzene ring substituents is 1. The van der Waals surface area contributed by atoms with E-state index in [1.54, 1.807) is 12.1 Å². The average Bonchev–Trinajstić information content (AvgIpc) is 2.43. The zero-order valence-electron chi connectivity index (χ0n) is 12.0. The Hall–Kier alpha value is -2.69. The molecule has 0 heterocycles. The van der Waals surface area contributed by atoms with Gasteiger partial charge in [0.25, 0.3) is 5.69 Å². The summed E-state index contributed by atoms with van der Waals surface area (Å²) in [5.41, 5.74) is 1.87. The number of hydrogen-bond acceptors (Lipinski definition) is 4. The molecule has 2 aromatic rings. The molecule has 0 aliphatic rings. The number of ketones is 1. The van der Waals surface area contributed by atoms with E-state index in [1.165, 1.54) is 19.1 Å². The summed E-state index contributed by atoms with van der Waals surface area (Å²) in [5.74, 6) is 0.625. The van der Waals surface area contributed by atoms with Crippen molar-refractivity contribution in [3.8, 4) is 11.5 Å². The highest BCUT2D eigenvalue weighted by Crippen LogP contribution is 2.31. The van der Waals surface area contributed by atoms with E-state index in [9.17, 15) is 14.9 Å². The Kier molecular flexibility index (Phi) is 4.03. The second-order valence-corrected chi connectivity index (χ2v) is 4.79. The van der Waals surface area contributed by atoms with Crippen molar-refractivity contribution in [2.45, 2.75) is 20.8 Å². The first-order valence-electron chi connectivity index (χ1n) is 6.43. The van der Waals surface area contributed by atoms with Crippen LogP contribution in [-0.4, -0.2) is 10.7 Å². The number of benzene rings is 2. The second kappa shape index (κ2) is 5.75. The number of nitro groups is 1. The molecule has 21 heavy (non-hydrogen) atoms. The molecule has 5 heteroatoms. The molecule has 0 spiro atoms. The monoisotopic (exact) mass is 285 g/mol. The fraction of sp³-hybridized carbons (Fsp3) is 0.188. The quantitative estimate of drug-likeness (QED) is 0.479. The molecular formula is C16H15NO4. The summed E-state index contributed by atoms with van der Waals surface area (Å²) in [5, 5.41) is 11.0. The average molecular weight is 285 g/mol. The zero-order chi connectivity index (χ0) is 15.6. The van der Waals surface area contributed by atoms with Crippen LogP contribution in [0.1, 0.15) is 28.4 Å². The first kappa shape index (κ1) is 14.7. The van der Waals surface area contributed by atoms with Gasteiger partial charge in [-0.1, -0.05) is 12.1 Å². The van der Waals surface area contributed by atoms with Gasteiger partial charge in [-0.2, -0.15) is 0 Å². The third kappa shape index (κ3) is 3.08. The van der Waals surface area contributed by atoms with Crippen LogP contribution in [0.3, 0.4) is 0 Å². The largest absolute Gasteiger partial charge is 0.457 e. The van der Waals surface area contributed by atoms with E-state index in [1.807, 2.05) is 26.0 Å². The number of rotatable bonds is 4. The summed E-state index contributed by atoms with van der Waals surface area (Å²) in [4.78, 5) is 21.9. The number of carbonyl (C=O) groups excluding carboxylic acids is 1. The van der Waals surface area contributed by atoms with Gasteiger partial charge < -0.3 is 4.74 Å². The molecule has 2 rings (SSSR count). The fourth-order valence-corrected chi connectivity index (χ4v) is 1.99. The van der Waals surface area contributed by atoms with Crippen molar-refractivity contribution >= 4 is 11.5 Å². The molecule has 0 atom stereocenters. The van der Waals surface area contributed by atoms with Gasteiger partial charge in [-0.05, 0) is 50.1 Å². The lowest BCUT2D eigenvalue weighted by Gasteiger charge is -2.11. The van der Waals surface area contributed by atoms with Gasteiger partial charge in [0.1, 0.15) is 11.5 Å². The third-order valence-corrected chi connectivity index (χ3v) is 3.33. The number of hydrogen-bond donors (Lipinski definition) is 0. The van der Waals surface area contributed by atoms with E-state index in [0.29, 0.717) is 11.5 Å². The summed E-state index contributed by atoms with van der Waals surface area (Å²) in [6, 6.07) is 9.87. The van der Waals surface area contributed by atoms with Crippen molar-refractivity contribution in [2.24, 2.45) is 0 Å². The molecular weight excluding hydrogens is 270 g/mol. The van der Waals surface area contributed by atoms with Crippen LogP contribution in [0.4, 0.5) is 5.69 Å². The van der Waals surface area contributed by atoms with Crippen molar-refractivity contribution in [3.63, 3.8) is 0 Å². The molecule has 0 saturated carbocycles. The van der Waals surface area contributed by atoms with Crippen LogP contribution in [0.15, 0.2) is 36.4 Å². The molecule has 0 radical (unpaired) electrons. The molecule has 0 saturated heterocycles. The van der Waals surface area contributed by atoms with Crippen LogP contribution in [0.25, 0.3) is 0 Å². The maximum atomic E-state index is 11.4. The van der Waals surface area contributed by atoms with Gasteiger partial charge >= 0.3 is 0 Å². The molecule has 108 valence electrons. The Morgan fingerprint density at radius 2 is 1.90 bits per heavy atom. The minimum Gasteiger partial charge on any atom is -0.457 e. The fourth-order valence-electron chi connectivity index (χ4n) is 1.99. The topological polar surface area (TPSA) is 69.4 Å². The van der Waals surface area contributed by atoms with Crippen molar-refractivity contribution in [2.75, 3.05) is 0 Å². The smallest absolute Gasteiger partial charge is 0.283 e. The molecule has 2 aromatic carbocycles. The molecule has 0 unspecified atom stereocenters. The lowest BCUT2D eigenvalue weighted by molar-refractivity contribution is -0.385. The Morgan fingerprint density at radius 3 is 2.52 bits per heavy atom. The first-order valence-corrected chi connectivity index (χ1v) is 6.43. The lowest BCUT2D eigenvalue weighted by atomic mass is 10.1. The highest BCUT2D eigenvalue weighted by atomic mass is 16.6. The number of Topliss-reactive ketones (excluding diaryl/α,β-unsaturated/α-hetero) is 1. The van der Waals surface area contributed by atoms with Gasteiger partial charge in [0.15, 0.2) is 5.78 Å². The SMILES string of the molecule is CC(=O)c1ccc(Oc2cccc(C)c2C)cc1[N+](=O)[O-]. The Labute approximate surface area is 122 Å². The number of carbonyl (C=O) groups is 1. The standard InChI is InChI=1S/C16H15NO4/c1-10-5-4-6-16(11(10)2)21-13-7-8-14(12(3)18)15(9-13)17(19)20/h4-9H,1-3H3. The van der Waals surface area contributed by atoms with Crippen LogP contribution in [0, 0.1) is 24.0 Å². The van der Waals surface area contributed by atoms with E-state index >= 15 is 0 Å². The van der Waals surface area contributed by atoms with E-state index in [2.05, 4.69) is 0 Å². The van der Waals surface area contributed by atoms with E-state index in [-0.39, 0.29) is 17.0 Å². The van der Waals surface area contributed by atoms with Crippen molar-refractivity contribution < 1.29 is 14.5 Å². The van der Waals surface area contributed by atoms with Gasteiger partial charge in [-0.25, -0.2) is 0 Å². The van der Waals surface area contributed by atoms with Gasteiger partial charge in [0.2, 0.25) is 0 Å². The molecule has 0 aromatic heterocycles. The lowest BCUT2D eigenvalue weighted by Crippen LogP contribution is -2.00. The summed E-state index contributed by atoms with van der Waals surface area (Å²) in [6.45, 7) is 5.18. The normalized spacial score (nSPS) is 10.2. The molecule has 0 fully saturated rings. The number of ether oxygens (including phenoxy) is 1. The van der Waals surface area contributed by atoms with Gasteiger partial charge in [-0.3, -0.25) is 14.9 Å². The van der Waals surface area contributed by atoms with Crippen LogP contribution in [0.5, 0.6) is 11.5 Å². The second-order valence-electron chi connectivity index (χ2n) is 4.79. The van der Waals surface area contributed by atoms with Gasteiger partial charge in [-0.15, -0.1) is 0 Å². The molecule has 0 amide bonds. The summed E-state index contributed by atoms with van der Waals surface area (Å²) in [7, 11) is 0. The van der Waals surface area contributed by atoms with E-state index in [0.717, 1.165) is 11.1 Å². The van der Waals surface area contributed by atoms with Crippen molar-refractivity contribution in [1.29, 1.82) is 0 Å². The van der Waals surface area contributed by atoms with Gasteiger partial charge in [0, 0.05) is 0 Å². The summed E-state index contributed by atoms with van der Waals surface area (Å²) >= 11 is 0. The van der Waals surface area contributed by atoms with Gasteiger partial charge in [0.05, 0.1) is 16.6 Å². The highest BCUT2D eigenvalue weighted by Gasteiger charge is 2.18. The maximum Gasteiger partial charge on any atom is 0.283 e. The highest BCUT2D eigenvalue weighted by molar-refractivity contribution is 5.98. The Morgan fingerprint density at radius 1 is 1.19 bits per heavy atom. The third-order valence-electron chi connectivity index (χ3n) is 3.33. The van der Waals surface area contributed by atoms with Crippen LogP contribution in [-0.2, 0) is 0 Å². The van der Waals surface area contributed by atoms with Crippen LogP contribution in [0.2, 0.25) is 0 Å². The molecule has 5 nitrogen and oxygen atoms in total. The predicted molar refractivity (Wildman–Crippen MR) is 79.1 cm³/mol. The number of aryl methyl sites for hydroxylation is 1. The molecule has 0 aliphatic carbocycles. The minimum atomic E-state index is -0.577. The Balaban J connectivity index is 2.42. The Bertz CT molecular complexity index is 722. The van der Waals surface area contributed by atoms with E-state index in [4.69, 9.17) is 4.74 Å². The minimum absolute atomic E-state index is 0.0771. The predicted octanol–water partition coefficient (Wildman–Crippen LogP) is 4.21. The van der Waals surface area contributed by atoms with E-state index < -0.39 is 4.92 Å². The summed E-state index contributed by atoms with van der Waals surface area (Å²) in [6.07, 6.45) is 0. The van der Waals surface area contributed by atoms with Crippen LogP contribution >= 0.6 is 0 Å². The molecule has 0 bridgehead atoms. The molecule has 0 aliphatic heterocycles. The molecule has 0 N–H and O–H groups in total. The maximum absolute atomic E-state index is 11.4. The van der Waals surface area contributed by atoms with Crippen LogP contribution < -0.4 is 4.74 Å². The first-order chi connectivity index (χ1) is 9.90. The van der Waals surface area contributed by atoms with Crippen molar-refractivity contribution in [3.05, 3.63) is 63.2 Å². The summed E-state index contributed by atoms with van der Waals surface area (Å²) < 4.78 is 5.70. The van der Waals surface area contributed by atoms with Crippen molar-refractivity contribution in [1.82, 2.24) is 0 Å².